The van der Waals surface area contributed by atoms with Crippen molar-refractivity contribution in [3.05, 3.63) is 52.6 Å². The van der Waals surface area contributed by atoms with E-state index >= 15 is 0 Å². The molecule has 0 spiro atoms. The number of aliphatic imine (C=N–C) groups is 1. The lowest BCUT2D eigenvalue weighted by atomic mass is 10.1. The first-order valence-electron chi connectivity index (χ1n) is 6.11. The molecule has 1 heterocycles. The second-order valence-corrected chi connectivity index (χ2v) is 4.48. The first kappa shape index (κ1) is 14.1. The Labute approximate surface area is 116 Å². The molecule has 0 saturated heterocycles. The van der Waals surface area contributed by atoms with E-state index in [9.17, 15) is 14.6 Å². The van der Waals surface area contributed by atoms with E-state index in [1.54, 1.807) is 26.0 Å². The number of aliphatic hydroxyl groups excluding tert-OH is 1. The molecule has 0 amide bonds. The van der Waals surface area contributed by atoms with E-state index < -0.39 is 0 Å². The first-order chi connectivity index (χ1) is 9.52. The molecular weight excluding hydrogens is 259 g/mol. The number of halogens is 1. The van der Waals surface area contributed by atoms with Gasteiger partial charge >= 0.3 is 0 Å². The molecular formula is C15H15FN2O2. The normalized spacial score (nSPS) is 11.2. The first-order valence-corrected chi connectivity index (χ1v) is 6.11. The second kappa shape index (κ2) is 5.79. The molecule has 0 unspecified atom stereocenters. The van der Waals surface area contributed by atoms with Gasteiger partial charge in [-0.05, 0) is 31.5 Å². The molecule has 0 bridgehead atoms. The highest BCUT2D eigenvalue weighted by atomic mass is 19.1. The van der Waals surface area contributed by atoms with Gasteiger partial charge in [0, 0.05) is 23.5 Å². The van der Waals surface area contributed by atoms with Gasteiger partial charge in [-0.25, -0.2) is 4.39 Å². The van der Waals surface area contributed by atoms with Crippen molar-refractivity contribution in [2.45, 2.75) is 20.5 Å². The van der Waals surface area contributed by atoms with Gasteiger partial charge in [0.1, 0.15) is 11.6 Å². The summed E-state index contributed by atoms with van der Waals surface area (Å²) >= 11 is 0. The van der Waals surface area contributed by atoms with Crippen molar-refractivity contribution in [1.82, 2.24) is 4.98 Å². The van der Waals surface area contributed by atoms with E-state index in [-0.39, 0.29) is 18.2 Å². The van der Waals surface area contributed by atoms with Gasteiger partial charge in [-0.15, -0.1) is 0 Å². The number of aromatic nitrogens is 1. The maximum Gasteiger partial charge on any atom is 0.145 e. The molecule has 1 aromatic heterocycles. The lowest BCUT2D eigenvalue weighted by Gasteiger charge is -2.07. The second-order valence-electron chi connectivity index (χ2n) is 4.48. The quantitative estimate of drug-likeness (QED) is 0.846. The Morgan fingerprint density at radius 1 is 1.35 bits per heavy atom. The van der Waals surface area contributed by atoms with E-state index in [2.05, 4.69) is 9.98 Å². The molecule has 2 N–H and O–H groups in total. The van der Waals surface area contributed by atoms with E-state index in [0.29, 0.717) is 28.1 Å². The Morgan fingerprint density at radius 3 is 2.75 bits per heavy atom. The number of hydrogen-bond acceptors (Lipinski definition) is 4. The predicted molar refractivity (Wildman–Crippen MR) is 75.0 cm³/mol. The molecule has 0 aliphatic rings. The number of aromatic hydroxyl groups is 1. The molecule has 1 aromatic carbocycles. The molecule has 0 radical (unpaired) electrons. The molecule has 0 saturated carbocycles. The van der Waals surface area contributed by atoms with Crippen LogP contribution in [-0.4, -0.2) is 21.4 Å². The zero-order valence-corrected chi connectivity index (χ0v) is 11.3. The molecule has 2 rings (SSSR count). The minimum Gasteiger partial charge on any atom is -0.505 e. The van der Waals surface area contributed by atoms with Gasteiger partial charge < -0.3 is 10.2 Å². The smallest absolute Gasteiger partial charge is 0.145 e. The zero-order valence-electron chi connectivity index (χ0n) is 11.3. The van der Waals surface area contributed by atoms with Crippen LogP contribution in [0, 0.1) is 19.7 Å². The van der Waals surface area contributed by atoms with Crippen molar-refractivity contribution < 1.29 is 14.6 Å². The van der Waals surface area contributed by atoms with Crippen LogP contribution in [0.15, 0.2) is 29.4 Å². The number of pyridine rings is 1. The monoisotopic (exact) mass is 274 g/mol. The number of hydrogen-bond donors (Lipinski definition) is 2. The summed E-state index contributed by atoms with van der Waals surface area (Å²) in [6, 6.07) is 4.63. The van der Waals surface area contributed by atoms with Crippen LogP contribution in [0.3, 0.4) is 0 Å². The molecule has 5 heteroatoms. The van der Waals surface area contributed by atoms with E-state index in [0.717, 1.165) is 0 Å². The van der Waals surface area contributed by atoms with Crippen LogP contribution < -0.4 is 0 Å². The summed E-state index contributed by atoms with van der Waals surface area (Å²) in [6.07, 6.45) is 2.88. The summed E-state index contributed by atoms with van der Waals surface area (Å²) in [5.74, 6) is -0.370. The van der Waals surface area contributed by atoms with E-state index in [1.807, 2.05) is 0 Å². The van der Waals surface area contributed by atoms with Crippen LogP contribution in [0.5, 0.6) is 5.75 Å². The summed E-state index contributed by atoms with van der Waals surface area (Å²) in [7, 11) is 0. The Kier molecular flexibility index (Phi) is 4.10. The average molecular weight is 274 g/mol. The minimum absolute atomic E-state index is 0.0344. The molecule has 2 aromatic rings. The van der Waals surface area contributed by atoms with E-state index in [4.69, 9.17) is 0 Å². The molecule has 0 aliphatic heterocycles. The summed E-state index contributed by atoms with van der Waals surface area (Å²) in [4.78, 5) is 8.08. The van der Waals surface area contributed by atoms with Crippen LogP contribution >= 0.6 is 0 Å². The fraction of sp³-hybridized carbons (Fsp3) is 0.200. The lowest BCUT2D eigenvalue weighted by molar-refractivity contribution is 0.280. The average Bonchev–Trinajstić information content (AvgIpc) is 2.44. The highest BCUT2D eigenvalue weighted by molar-refractivity contribution is 5.87. The summed E-state index contributed by atoms with van der Waals surface area (Å²) in [6.45, 7) is 3.06. The Morgan fingerprint density at radius 2 is 2.10 bits per heavy atom. The van der Waals surface area contributed by atoms with Crippen LogP contribution in [0.4, 0.5) is 10.1 Å². The van der Waals surface area contributed by atoms with Gasteiger partial charge in [0.25, 0.3) is 0 Å². The summed E-state index contributed by atoms with van der Waals surface area (Å²) < 4.78 is 13.4. The van der Waals surface area contributed by atoms with Crippen molar-refractivity contribution in [3.8, 4) is 5.75 Å². The van der Waals surface area contributed by atoms with E-state index in [1.165, 1.54) is 18.5 Å². The number of benzene rings is 1. The van der Waals surface area contributed by atoms with Crippen molar-refractivity contribution in [1.29, 1.82) is 0 Å². The van der Waals surface area contributed by atoms with Crippen molar-refractivity contribution in [2.24, 2.45) is 4.99 Å². The predicted octanol–water partition coefficient (Wildman–Crippen LogP) is 2.79. The number of nitrogens with zero attached hydrogens (tertiary/aromatic N) is 2. The highest BCUT2D eigenvalue weighted by Gasteiger charge is 2.09. The molecule has 20 heavy (non-hydrogen) atoms. The topological polar surface area (TPSA) is 65.7 Å². The maximum absolute atomic E-state index is 13.4. The Bertz CT molecular complexity index is 669. The number of rotatable bonds is 3. The van der Waals surface area contributed by atoms with Gasteiger partial charge in [0.05, 0.1) is 18.0 Å². The molecule has 0 atom stereocenters. The number of aliphatic hydroxyl groups is 1. The van der Waals surface area contributed by atoms with Gasteiger partial charge in [-0.2, -0.15) is 0 Å². The van der Waals surface area contributed by atoms with Gasteiger partial charge in [-0.1, -0.05) is 6.07 Å². The lowest BCUT2D eigenvalue weighted by Crippen LogP contribution is -1.97. The zero-order chi connectivity index (χ0) is 14.7. The van der Waals surface area contributed by atoms with Crippen molar-refractivity contribution >= 4 is 11.9 Å². The standard InChI is InChI=1S/C15H15FN2O2/c1-9-3-4-12(5-14(9)16)18-7-13-11(8-19)6-17-10(2)15(13)20/h3-7,19-20H,8H2,1-2H3. The molecule has 104 valence electrons. The van der Waals surface area contributed by atoms with Gasteiger partial charge in [-0.3, -0.25) is 9.98 Å². The third-order valence-corrected chi connectivity index (χ3v) is 3.03. The molecule has 0 aliphatic carbocycles. The third kappa shape index (κ3) is 2.83. The molecule has 0 fully saturated rings. The SMILES string of the molecule is Cc1ccc(N=Cc2c(CO)cnc(C)c2O)cc1F. The Hall–Kier alpha value is -2.27. The van der Waals surface area contributed by atoms with Crippen LogP contribution in [0.1, 0.15) is 22.4 Å². The van der Waals surface area contributed by atoms with Crippen LogP contribution in [0.2, 0.25) is 0 Å². The third-order valence-electron chi connectivity index (χ3n) is 3.03. The maximum atomic E-state index is 13.4. The number of aryl methyl sites for hydroxylation is 2. The largest absolute Gasteiger partial charge is 0.505 e. The van der Waals surface area contributed by atoms with Crippen molar-refractivity contribution in [3.63, 3.8) is 0 Å². The van der Waals surface area contributed by atoms with Gasteiger partial charge in [0.15, 0.2) is 0 Å². The summed E-state index contributed by atoms with van der Waals surface area (Å²) in [5, 5.41) is 19.2. The summed E-state index contributed by atoms with van der Waals surface area (Å²) in [5.41, 5.74) is 2.28. The van der Waals surface area contributed by atoms with Crippen LogP contribution in [-0.2, 0) is 6.61 Å². The minimum atomic E-state index is -0.336. The highest BCUT2D eigenvalue weighted by Crippen LogP contribution is 2.23. The Balaban J connectivity index is 2.40. The van der Waals surface area contributed by atoms with Gasteiger partial charge in [0.2, 0.25) is 0 Å². The fourth-order valence-electron chi connectivity index (χ4n) is 1.72. The van der Waals surface area contributed by atoms with Crippen LogP contribution in [0.25, 0.3) is 0 Å². The van der Waals surface area contributed by atoms with Crippen molar-refractivity contribution in [2.75, 3.05) is 0 Å². The fourth-order valence-corrected chi connectivity index (χ4v) is 1.72. The molecule has 4 nitrogen and oxygen atoms in total.